The lowest BCUT2D eigenvalue weighted by molar-refractivity contribution is -0.140. The first kappa shape index (κ1) is 12.9. The molecule has 0 fully saturated rings. The van der Waals surface area contributed by atoms with Crippen LogP contribution in [0, 0.1) is 0 Å². The zero-order chi connectivity index (χ0) is 13.0. The van der Waals surface area contributed by atoms with Gasteiger partial charge in [0.05, 0.1) is 7.11 Å². The number of nitrogens with zero attached hydrogens (tertiary/aromatic N) is 3. The van der Waals surface area contributed by atoms with Gasteiger partial charge < -0.3 is 4.74 Å². The Morgan fingerprint density at radius 2 is 2.22 bits per heavy atom. The van der Waals surface area contributed by atoms with E-state index in [1.165, 1.54) is 11.8 Å². The molecule has 0 N–H and O–H groups in total. The molecule has 0 saturated heterocycles. The van der Waals surface area contributed by atoms with Gasteiger partial charge in [0.2, 0.25) is 0 Å². The highest BCUT2D eigenvalue weighted by Gasteiger charge is 2.15. The molecule has 0 aromatic carbocycles. The molecule has 0 aliphatic carbocycles. The van der Waals surface area contributed by atoms with Gasteiger partial charge in [0.1, 0.15) is 5.82 Å². The van der Waals surface area contributed by atoms with Crippen LogP contribution in [0.2, 0.25) is 0 Å². The van der Waals surface area contributed by atoms with E-state index in [9.17, 15) is 9.59 Å². The van der Waals surface area contributed by atoms with Crippen molar-refractivity contribution in [3.8, 4) is 0 Å². The van der Waals surface area contributed by atoms with Crippen LogP contribution in [0.25, 0.3) is 0 Å². The largest absolute Gasteiger partial charge is 0.469 e. The van der Waals surface area contributed by atoms with Crippen LogP contribution in [0.5, 0.6) is 0 Å². The zero-order valence-corrected chi connectivity index (χ0v) is 10.7. The molecule has 2 heterocycles. The fourth-order valence-corrected chi connectivity index (χ4v) is 2.25. The number of hydrogen-bond donors (Lipinski definition) is 0. The molecule has 1 aromatic rings. The molecule has 2 rings (SSSR count). The number of fused-ring (bicyclic) bond motifs is 1. The fourth-order valence-electron chi connectivity index (χ4n) is 2.25. The molecule has 0 spiro atoms. The maximum Gasteiger partial charge on any atom is 0.345 e. The van der Waals surface area contributed by atoms with Crippen LogP contribution in [0.4, 0.5) is 0 Å². The van der Waals surface area contributed by atoms with Crippen molar-refractivity contribution in [1.82, 2.24) is 14.3 Å². The van der Waals surface area contributed by atoms with E-state index in [1.807, 2.05) is 0 Å². The maximum atomic E-state index is 12.1. The number of hydrogen-bond acceptors (Lipinski definition) is 4. The van der Waals surface area contributed by atoms with Crippen LogP contribution in [0.3, 0.4) is 0 Å². The highest BCUT2D eigenvalue weighted by Crippen LogP contribution is 2.10. The summed E-state index contributed by atoms with van der Waals surface area (Å²) in [6, 6.07) is 0. The number of ether oxygens (including phenoxy) is 1. The van der Waals surface area contributed by atoms with E-state index in [1.54, 1.807) is 4.57 Å². The monoisotopic (exact) mass is 253 g/mol. The Kier molecular flexibility index (Phi) is 4.17. The Labute approximate surface area is 106 Å². The predicted octanol–water partition coefficient (Wildman–Crippen LogP) is 0.724. The van der Waals surface area contributed by atoms with E-state index in [4.69, 9.17) is 0 Å². The second kappa shape index (κ2) is 5.84. The number of methoxy groups -OCH3 is 1. The molecule has 100 valence electrons. The lowest BCUT2D eigenvalue weighted by Gasteiger charge is -2.00. The number of aromatic nitrogens is 3. The van der Waals surface area contributed by atoms with Crippen molar-refractivity contribution >= 4 is 5.97 Å². The van der Waals surface area contributed by atoms with Crippen molar-refractivity contribution in [2.45, 2.75) is 51.6 Å². The standard InChI is InChI=1S/C12H19N3O3/c1-18-11(16)7-5-9-15-12(17)14-8-4-2-3-6-10(14)13-15/h2-9H2,1H3. The summed E-state index contributed by atoms with van der Waals surface area (Å²) in [5, 5.41) is 4.35. The second-order valence-corrected chi connectivity index (χ2v) is 4.56. The molecule has 0 saturated carbocycles. The van der Waals surface area contributed by atoms with Gasteiger partial charge in [0, 0.05) is 25.9 Å². The summed E-state index contributed by atoms with van der Waals surface area (Å²) >= 11 is 0. The summed E-state index contributed by atoms with van der Waals surface area (Å²) in [6.07, 6.45) is 5.08. The topological polar surface area (TPSA) is 66.1 Å². The minimum Gasteiger partial charge on any atom is -0.469 e. The van der Waals surface area contributed by atoms with Gasteiger partial charge in [0.15, 0.2) is 0 Å². The van der Waals surface area contributed by atoms with Crippen molar-refractivity contribution in [1.29, 1.82) is 0 Å². The summed E-state index contributed by atoms with van der Waals surface area (Å²) in [5.74, 6) is 0.638. The van der Waals surface area contributed by atoms with Gasteiger partial charge in [-0.3, -0.25) is 9.36 Å². The number of carbonyl (C=O) groups excluding carboxylic acids is 1. The van der Waals surface area contributed by atoms with E-state index < -0.39 is 0 Å². The lowest BCUT2D eigenvalue weighted by Crippen LogP contribution is -2.25. The highest BCUT2D eigenvalue weighted by atomic mass is 16.5. The van der Waals surface area contributed by atoms with Crippen LogP contribution in [-0.2, 0) is 29.0 Å². The predicted molar refractivity (Wildman–Crippen MR) is 65.3 cm³/mol. The summed E-state index contributed by atoms with van der Waals surface area (Å²) in [5.41, 5.74) is -0.0447. The van der Waals surface area contributed by atoms with Crippen LogP contribution in [0.1, 0.15) is 37.9 Å². The van der Waals surface area contributed by atoms with E-state index >= 15 is 0 Å². The van der Waals surface area contributed by atoms with E-state index in [0.29, 0.717) is 19.4 Å². The summed E-state index contributed by atoms with van der Waals surface area (Å²) in [4.78, 5) is 23.1. The van der Waals surface area contributed by atoms with Crippen molar-refractivity contribution in [2.75, 3.05) is 7.11 Å². The molecule has 6 heteroatoms. The van der Waals surface area contributed by atoms with E-state index in [2.05, 4.69) is 9.84 Å². The van der Waals surface area contributed by atoms with Gasteiger partial charge in [-0.05, 0) is 19.3 Å². The van der Waals surface area contributed by atoms with Crippen molar-refractivity contribution in [2.24, 2.45) is 0 Å². The molecule has 1 aliphatic heterocycles. The molecular formula is C12H19N3O3. The fraction of sp³-hybridized carbons (Fsp3) is 0.750. The third kappa shape index (κ3) is 2.80. The van der Waals surface area contributed by atoms with Gasteiger partial charge in [0.25, 0.3) is 0 Å². The molecule has 0 radical (unpaired) electrons. The first-order valence-electron chi connectivity index (χ1n) is 6.45. The quantitative estimate of drug-likeness (QED) is 0.742. The summed E-state index contributed by atoms with van der Waals surface area (Å²) in [6.45, 7) is 1.25. The smallest absolute Gasteiger partial charge is 0.345 e. The van der Waals surface area contributed by atoms with Crippen molar-refractivity contribution in [3.05, 3.63) is 16.3 Å². The highest BCUT2D eigenvalue weighted by molar-refractivity contribution is 5.68. The Bertz CT molecular complexity index is 475. The number of aryl methyl sites for hydroxylation is 2. The van der Waals surface area contributed by atoms with Crippen LogP contribution in [-0.4, -0.2) is 27.4 Å². The van der Waals surface area contributed by atoms with Crippen LogP contribution in [0.15, 0.2) is 4.79 Å². The third-order valence-electron chi connectivity index (χ3n) is 3.26. The number of carbonyl (C=O) groups is 1. The van der Waals surface area contributed by atoms with Crippen molar-refractivity contribution in [3.63, 3.8) is 0 Å². The van der Waals surface area contributed by atoms with Gasteiger partial charge in [-0.25, -0.2) is 9.48 Å². The number of rotatable bonds is 4. The minimum atomic E-state index is -0.246. The zero-order valence-electron chi connectivity index (χ0n) is 10.7. The van der Waals surface area contributed by atoms with Gasteiger partial charge in [-0.2, -0.15) is 5.10 Å². The Hall–Kier alpha value is -1.59. The van der Waals surface area contributed by atoms with Crippen LogP contribution >= 0.6 is 0 Å². The molecule has 1 aromatic heterocycles. The second-order valence-electron chi connectivity index (χ2n) is 4.56. The molecule has 18 heavy (non-hydrogen) atoms. The average molecular weight is 253 g/mol. The molecule has 0 amide bonds. The Morgan fingerprint density at radius 1 is 1.39 bits per heavy atom. The van der Waals surface area contributed by atoms with Gasteiger partial charge in [-0.1, -0.05) is 6.42 Å². The molecular weight excluding hydrogens is 234 g/mol. The van der Waals surface area contributed by atoms with Gasteiger partial charge >= 0.3 is 11.7 Å². The average Bonchev–Trinajstić information content (AvgIpc) is 2.57. The van der Waals surface area contributed by atoms with Gasteiger partial charge in [-0.15, -0.1) is 0 Å². The SMILES string of the molecule is COC(=O)CCCn1nc2n(c1=O)CCCCC2. The maximum absolute atomic E-state index is 12.1. The minimum absolute atomic E-state index is 0.0447. The Balaban J connectivity index is 2.01. The summed E-state index contributed by atoms with van der Waals surface area (Å²) in [7, 11) is 1.37. The molecule has 6 nitrogen and oxygen atoms in total. The van der Waals surface area contributed by atoms with Crippen molar-refractivity contribution < 1.29 is 9.53 Å². The lowest BCUT2D eigenvalue weighted by atomic mass is 10.2. The normalized spacial score (nSPS) is 14.9. The molecule has 0 bridgehead atoms. The van der Waals surface area contributed by atoms with E-state index in [0.717, 1.165) is 38.1 Å². The first-order valence-corrected chi connectivity index (χ1v) is 6.45. The van der Waals surface area contributed by atoms with Crippen LogP contribution < -0.4 is 5.69 Å². The third-order valence-corrected chi connectivity index (χ3v) is 3.26. The number of esters is 1. The Morgan fingerprint density at radius 3 is 3.00 bits per heavy atom. The molecule has 0 atom stereocenters. The molecule has 0 unspecified atom stereocenters. The first-order chi connectivity index (χ1) is 8.72. The summed E-state index contributed by atoms with van der Waals surface area (Å²) < 4.78 is 7.81. The molecule has 1 aliphatic rings. The van der Waals surface area contributed by atoms with E-state index in [-0.39, 0.29) is 11.7 Å².